The number of nitrogens with two attached hydrogens (primary N) is 1. The average molecular weight is 459 g/mol. The zero-order chi connectivity index (χ0) is 16.8. The van der Waals surface area contributed by atoms with Crippen LogP contribution in [0.3, 0.4) is 0 Å². The molecular formula is C14H10IN3O3S2. The monoisotopic (exact) mass is 459 g/mol. The van der Waals surface area contributed by atoms with Gasteiger partial charge in [-0.3, -0.25) is 9.36 Å². The SMILES string of the molecule is NS(=O)(=O)c1cccc(-n2c(=S)[nH]c3ccc(I)cc3c2=O)c1. The minimum atomic E-state index is -3.87. The number of sulfonamides is 1. The highest BCUT2D eigenvalue weighted by Gasteiger charge is 2.12. The largest absolute Gasteiger partial charge is 0.331 e. The van der Waals surface area contributed by atoms with Crippen molar-refractivity contribution in [2.24, 2.45) is 5.14 Å². The number of nitrogens with one attached hydrogen (secondary N) is 1. The van der Waals surface area contributed by atoms with Crippen molar-refractivity contribution in [1.82, 2.24) is 9.55 Å². The number of fused-ring (bicyclic) bond motifs is 1. The second-order valence-corrected chi connectivity index (χ2v) is 8.00. The number of halogens is 1. The Morgan fingerprint density at radius 1 is 1.17 bits per heavy atom. The summed E-state index contributed by atoms with van der Waals surface area (Å²) in [4.78, 5) is 15.6. The molecule has 0 aliphatic carbocycles. The number of nitrogens with zero attached hydrogens (tertiary/aromatic N) is 1. The smallest absolute Gasteiger partial charge is 0.266 e. The number of aromatic nitrogens is 2. The van der Waals surface area contributed by atoms with Crippen LogP contribution >= 0.6 is 34.8 Å². The van der Waals surface area contributed by atoms with Gasteiger partial charge in [-0.1, -0.05) is 6.07 Å². The molecule has 0 bridgehead atoms. The summed E-state index contributed by atoms with van der Waals surface area (Å²) in [5, 5.41) is 5.60. The third-order valence-electron chi connectivity index (χ3n) is 3.26. The zero-order valence-corrected chi connectivity index (χ0v) is 15.3. The topological polar surface area (TPSA) is 97.9 Å². The van der Waals surface area contributed by atoms with Crippen molar-refractivity contribution in [2.75, 3.05) is 0 Å². The van der Waals surface area contributed by atoms with Crippen molar-refractivity contribution in [3.05, 3.63) is 61.2 Å². The van der Waals surface area contributed by atoms with Gasteiger partial charge < -0.3 is 4.98 Å². The fourth-order valence-corrected chi connectivity index (χ4v) is 3.56. The number of primary sulfonamides is 1. The van der Waals surface area contributed by atoms with E-state index in [9.17, 15) is 13.2 Å². The molecule has 2 aromatic carbocycles. The summed E-state index contributed by atoms with van der Waals surface area (Å²) < 4.78 is 25.3. The first-order valence-corrected chi connectivity index (χ1v) is 9.38. The van der Waals surface area contributed by atoms with Crippen LogP contribution in [0, 0.1) is 8.34 Å². The third-order valence-corrected chi connectivity index (χ3v) is 5.13. The Labute approximate surface area is 150 Å². The molecule has 118 valence electrons. The Bertz CT molecular complexity index is 1150. The van der Waals surface area contributed by atoms with E-state index in [0.717, 1.165) is 3.57 Å². The Hall–Kier alpha value is -1.56. The number of aromatic amines is 1. The maximum Gasteiger partial charge on any atom is 0.266 e. The van der Waals surface area contributed by atoms with E-state index in [-0.39, 0.29) is 15.2 Å². The van der Waals surface area contributed by atoms with E-state index in [1.54, 1.807) is 18.2 Å². The second kappa shape index (κ2) is 5.82. The highest BCUT2D eigenvalue weighted by molar-refractivity contribution is 14.1. The highest BCUT2D eigenvalue weighted by atomic mass is 127. The molecule has 0 radical (unpaired) electrons. The lowest BCUT2D eigenvalue weighted by Gasteiger charge is -2.09. The predicted octanol–water partition coefficient (Wildman–Crippen LogP) is 2.30. The third kappa shape index (κ3) is 3.09. The first kappa shape index (κ1) is 16.3. The van der Waals surface area contributed by atoms with Crippen LogP contribution in [0.5, 0.6) is 0 Å². The van der Waals surface area contributed by atoms with E-state index >= 15 is 0 Å². The maximum atomic E-state index is 12.8. The molecule has 3 rings (SSSR count). The minimum absolute atomic E-state index is 0.0842. The fraction of sp³-hybridized carbons (Fsp3) is 0. The van der Waals surface area contributed by atoms with Crippen LogP contribution in [0.15, 0.2) is 52.2 Å². The molecule has 0 aliphatic heterocycles. The molecule has 0 amide bonds. The van der Waals surface area contributed by atoms with E-state index in [1.807, 2.05) is 6.07 Å². The normalized spacial score (nSPS) is 11.7. The average Bonchev–Trinajstić information content (AvgIpc) is 2.48. The van der Waals surface area contributed by atoms with Gasteiger partial charge in [0.25, 0.3) is 5.56 Å². The van der Waals surface area contributed by atoms with Crippen molar-refractivity contribution >= 4 is 55.7 Å². The van der Waals surface area contributed by atoms with Crippen molar-refractivity contribution in [3.8, 4) is 5.69 Å². The molecule has 0 aliphatic rings. The van der Waals surface area contributed by atoms with E-state index in [1.165, 1.54) is 22.8 Å². The van der Waals surface area contributed by atoms with Gasteiger partial charge in [-0.25, -0.2) is 13.6 Å². The molecule has 3 aromatic rings. The molecule has 0 saturated carbocycles. The van der Waals surface area contributed by atoms with E-state index < -0.39 is 10.0 Å². The molecule has 9 heteroatoms. The molecule has 0 spiro atoms. The summed E-state index contributed by atoms with van der Waals surface area (Å²) in [6.07, 6.45) is 0. The fourth-order valence-electron chi connectivity index (χ4n) is 2.22. The summed E-state index contributed by atoms with van der Waals surface area (Å²) in [6, 6.07) is 11.2. The van der Waals surface area contributed by atoms with Crippen molar-refractivity contribution in [1.29, 1.82) is 0 Å². The molecule has 0 fully saturated rings. The number of hydrogen-bond acceptors (Lipinski definition) is 4. The zero-order valence-electron chi connectivity index (χ0n) is 11.5. The van der Waals surface area contributed by atoms with Crippen molar-refractivity contribution < 1.29 is 8.42 Å². The Morgan fingerprint density at radius 2 is 1.91 bits per heavy atom. The van der Waals surface area contributed by atoms with Crippen molar-refractivity contribution in [3.63, 3.8) is 0 Å². The Balaban J connectivity index is 2.37. The number of hydrogen-bond donors (Lipinski definition) is 2. The van der Waals surface area contributed by atoms with E-state index in [2.05, 4.69) is 27.6 Å². The standard InChI is InChI=1S/C14H10IN3O3S2/c15-8-4-5-12-11(6-8)13(19)18(14(22)17-12)9-2-1-3-10(7-9)23(16,20)21/h1-7H,(H,17,22)(H2,16,20,21). The summed E-state index contributed by atoms with van der Waals surface area (Å²) in [5.41, 5.74) is 0.636. The van der Waals surface area contributed by atoms with Gasteiger partial charge in [0, 0.05) is 3.57 Å². The molecule has 3 N–H and O–H groups in total. The molecule has 1 heterocycles. The van der Waals surface area contributed by atoms with Gasteiger partial charge in [0.2, 0.25) is 10.0 Å². The summed E-state index contributed by atoms with van der Waals surface area (Å²) in [5.74, 6) is 0. The molecule has 6 nitrogen and oxygen atoms in total. The van der Waals surface area contributed by atoms with Crippen LogP contribution in [0.4, 0.5) is 0 Å². The van der Waals surface area contributed by atoms with Crippen molar-refractivity contribution in [2.45, 2.75) is 4.90 Å². The molecule has 0 atom stereocenters. The van der Waals surface area contributed by atoms with Gasteiger partial charge in [0.05, 0.1) is 21.5 Å². The number of rotatable bonds is 2. The van der Waals surface area contributed by atoms with Gasteiger partial charge in [-0.2, -0.15) is 0 Å². The first-order chi connectivity index (χ1) is 10.8. The van der Waals surface area contributed by atoms with E-state index in [0.29, 0.717) is 16.6 Å². The second-order valence-electron chi connectivity index (χ2n) is 4.80. The number of benzene rings is 2. The Morgan fingerprint density at radius 3 is 2.61 bits per heavy atom. The Kier molecular flexibility index (Phi) is 4.12. The first-order valence-electron chi connectivity index (χ1n) is 6.35. The lowest BCUT2D eigenvalue weighted by Crippen LogP contribution is -2.21. The van der Waals surface area contributed by atoms with Crippen LogP contribution in [0.1, 0.15) is 0 Å². The minimum Gasteiger partial charge on any atom is -0.331 e. The quantitative estimate of drug-likeness (QED) is 0.454. The lowest BCUT2D eigenvalue weighted by atomic mass is 10.2. The molecule has 0 saturated heterocycles. The van der Waals surface area contributed by atoms with Crippen LogP contribution in [-0.4, -0.2) is 18.0 Å². The van der Waals surface area contributed by atoms with Gasteiger partial charge in [-0.15, -0.1) is 0 Å². The predicted molar refractivity (Wildman–Crippen MR) is 98.8 cm³/mol. The molecular weight excluding hydrogens is 449 g/mol. The van der Waals surface area contributed by atoms with Crippen LogP contribution in [0.25, 0.3) is 16.6 Å². The lowest BCUT2D eigenvalue weighted by molar-refractivity contribution is 0.597. The summed E-state index contributed by atoms with van der Waals surface area (Å²) >= 11 is 7.35. The molecule has 23 heavy (non-hydrogen) atoms. The van der Waals surface area contributed by atoms with Gasteiger partial charge in [0.1, 0.15) is 0 Å². The van der Waals surface area contributed by atoms with Gasteiger partial charge >= 0.3 is 0 Å². The van der Waals surface area contributed by atoms with Gasteiger partial charge in [0.15, 0.2) is 4.77 Å². The summed E-state index contributed by atoms with van der Waals surface area (Å²) in [6.45, 7) is 0. The van der Waals surface area contributed by atoms with Crippen LogP contribution in [0.2, 0.25) is 0 Å². The summed E-state index contributed by atoms with van der Waals surface area (Å²) in [7, 11) is -3.87. The number of H-pyrrole nitrogens is 1. The maximum absolute atomic E-state index is 12.8. The van der Waals surface area contributed by atoms with Crippen LogP contribution < -0.4 is 10.7 Å². The van der Waals surface area contributed by atoms with Gasteiger partial charge in [-0.05, 0) is 71.2 Å². The van der Waals surface area contributed by atoms with E-state index in [4.69, 9.17) is 17.4 Å². The van der Waals surface area contributed by atoms with Crippen LogP contribution in [-0.2, 0) is 10.0 Å². The highest BCUT2D eigenvalue weighted by Crippen LogP contribution is 2.16. The molecule has 1 aromatic heterocycles. The molecule has 0 unspecified atom stereocenters.